The predicted octanol–water partition coefficient (Wildman–Crippen LogP) is 14.3. The van der Waals surface area contributed by atoms with Crippen molar-refractivity contribution in [3.63, 3.8) is 0 Å². The molecule has 0 radical (unpaired) electrons. The number of hydrogen-bond acceptors (Lipinski definition) is 0. The van der Waals surface area contributed by atoms with Crippen molar-refractivity contribution >= 4 is 65.4 Å². The van der Waals surface area contributed by atoms with E-state index in [9.17, 15) is 0 Å². The molecule has 0 saturated heterocycles. The number of benzene rings is 9. The summed E-state index contributed by atoms with van der Waals surface area (Å²) in [5, 5.41) is 7.46. The summed E-state index contributed by atoms with van der Waals surface area (Å²) in [5.74, 6) is 0. The minimum absolute atomic E-state index is 1.14. The van der Waals surface area contributed by atoms with Gasteiger partial charge in [-0.25, -0.2) is 0 Å². The van der Waals surface area contributed by atoms with E-state index >= 15 is 0 Å². The second kappa shape index (κ2) is 12.5. The van der Waals surface area contributed by atoms with E-state index < -0.39 is 0 Å². The minimum Gasteiger partial charge on any atom is -0.309 e. The summed E-state index contributed by atoms with van der Waals surface area (Å²) in [6, 6.07) is 77.3. The number of nitrogens with zero attached hydrogens (tertiary/aromatic N) is 3. The number of para-hydroxylation sites is 3. The highest BCUT2D eigenvalue weighted by Gasteiger charge is 2.23. The lowest BCUT2D eigenvalue weighted by atomic mass is 10.1. The standard InChI is InChI=1S/C54H35N3/c1-3-14-36(15-4-1)38-26-30-40(31-27-38)55-47-22-11-8-19-44(47)52-49(55)24-13-25-50(52)57-48-23-12-9-20-45(48)53-51(57)35-34-43-42-18-7-10-21-46(42)56(54(43)53)41-32-28-39(29-33-41)37-16-5-2-6-17-37/h1-35H. The number of fused-ring (bicyclic) bond motifs is 10. The van der Waals surface area contributed by atoms with E-state index in [2.05, 4.69) is 226 Å². The van der Waals surface area contributed by atoms with Crippen molar-refractivity contribution in [2.75, 3.05) is 0 Å². The van der Waals surface area contributed by atoms with Crippen LogP contribution in [-0.2, 0) is 0 Å². The average Bonchev–Trinajstić information content (AvgIpc) is 3.93. The maximum atomic E-state index is 2.50. The molecule has 0 fully saturated rings. The van der Waals surface area contributed by atoms with Gasteiger partial charge in [-0.05, 0) is 82.9 Å². The molecule has 266 valence electrons. The Morgan fingerprint density at radius 2 is 0.667 bits per heavy atom. The van der Waals surface area contributed by atoms with Crippen LogP contribution in [0.4, 0.5) is 0 Å². The molecule has 3 heterocycles. The van der Waals surface area contributed by atoms with Crippen LogP contribution in [0.3, 0.4) is 0 Å². The van der Waals surface area contributed by atoms with Crippen molar-refractivity contribution in [3.8, 4) is 39.3 Å². The molecule has 9 aromatic carbocycles. The number of hydrogen-bond donors (Lipinski definition) is 0. The maximum Gasteiger partial charge on any atom is 0.0641 e. The minimum atomic E-state index is 1.14. The number of rotatable bonds is 5. The van der Waals surface area contributed by atoms with Crippen molar-refractivity contribution in [2.24, 2.45) is 0 Å². The van der Waals surface area contributed by atoms with Crippen LogP contribution in [0.1, 0.15) is 0 Å². The van der Waals surface area contributed by atoms with Gasteiger partial charge in [0.1, 0.15) is 0 Å². The first-order chi connectivity index (χ1) is 28.3. The average molecular weight is 726 g/mol. The van der Waals surface area contributed by atoms with Gasteiger partial charge in [0.15, 0.2) is 0 Å². The van der Waals surface area contributed by atoms with E-state index in [0.717, 1.165) is 11.4 Å². The SMILES string of the molecule is c1ccc(-c2ccc(-n3c4ccccc4c4c(-n5c6ccccc6c6c5ccc5c7ccccc7n(-c7ccc(-c8ccccc8)cc7)c56)cccc43)cc2)cc1. The van der Waals surface area contributed by atoms with Crippen molar-refractivity contribution in [1.29, 1.82) is 0 Å². The van der Waals surface area contributed by atoms with Crippen LogP contribution in [0.5, 0.6) is 0 Å². The quantitative estimate of drug-likeness (QED) is 0.168. The highest BCUT2D eigenvalue weighted by molar-refractivity contribution is 6.27. The molecule has 3 heteroatoms. The van der Waals surface area contributed by atoms with Crippen LogP contribution >= 0.6 is 0 Å². The van der Waals surface area contributed by atoms with Crippen LogP contribution in [0.25, 0.3) is 105 Å². The Kier molecular flexibility index (Phi) is 6.93. The van der Waals surface area contributed by atoms with Crippen molar-refractivity contribution in [1.82, 2.24) is 13.7 Å². The lowest BCUT2D eigenvalue weighted by molar-refractivity contribution is 1.17. The lowest BCUT2D eigenvalue weighted by Gasteiger charge is -2.12. The van der Waals surface area contributed by atoms with E-state index in [0.29, 0.717) is 0 Å². The van der Waals surface area contributed by atoms with Crippen LogP contribution < -0.4 is 0 Å². The van der Waals surface area contributed by atoms with Crippen molar-refractivity contribution in [2.45, 2.75) is 0 Å². The molecule has 0 aliphatic rings. The molecule has 57 heavy (non-hydrogen) atoms. The molecule has 0 aliphatic heterocycles. The van der Waals surface area contributed by atoms with Gasteiger partial charge in [-0.15, -0.1) is 0 Å². The molecule has 3 aromatic heterocycles. The van der Waals surface area contributed by atoms with Crippen LogP contribution in [0.15, 0.2) is 212 Å². The summed E-state index contributed by atoms with van der Waals surface area (Å²) >= 11 is 0. The maximum absolute atomic E-state index is 2.50. The Balaban J connectivity index is 1.13. The Morgan fingerprint density at radius 3 is 1.28 bits per heavy atom. The number of aromatic nitrogens is 3. The molecule has 0 amide bonds. The Morgan fingerprint density at radius 1 is 0.228 bits per heavy atom. The van der Waals surface area contributed by atoms with Crippen LogP contribution in [0.2, 0.25) is 0 Å². The zero-order valence-corrected chi connectivity index (χ0v) is 31.0. The van der Waals surface area contributed by atoms with E-state index in [-0.39, 0.29) is 0 Å². The fourth-order valence-electron chi connectivity index (χ4n) is 9.37. The van der Waals surface area contributed by atoms with Gasteiger partial charge < -0.3 is 13.7 Å². The molecule has 0 atom stereocenters. The largest absolute Gasteiger partial charge is 0.309 e. The summed E-state index contributed by atoms with van der Waals surface area (Å²) in [6.07, 6.45) is 0. The Labute approximate surface area is 329 Å². The van der Waals surface area contributed by atoms with Gasteiger partial charge in [0.25, 0.3) is 0 Å². The molecule has 0 bridgehead atoms. The zero-order valence-electron chi connectivity index (χ0n) is 31.0. The van der Waals surface area contributed by atoms with E-state index in [1.807, 2.05) is 0 Å². The Bertz CT molecular complexity index is 3470. The molecule has 0 saturated carbocycles. The van der Waals surface area contributed by atoms with Gasteiger partial charge in [-0.3, -0.25) is 0 Å². The summed E-state index contributed by atoms with van der Waals surface area (Å²) in [5.41, 5.74) is 15.5. The fraction of sp³-hybridized carbons (Fsp3) is 0. The molecule has 0 N–H and O–H groups in total. The molecular weight excluding hydrogens is 691 g/mol. The van der Waals surface area contributed by atoms with Crippen LogP contribution in [-0.4, -0.2) is 13.7 Å². The highest BCUT2D eigenvalue weighted by atomic mass is 15.0. The van der Waals surface area contributed by atoms with Gasteiger partial charge in [0, 0.05) is 43.7 Å². The molecular formula is C54H35N3. The molecule has 3 nitrogen and oxygen atoms in total. The first kappa shape index (κ1) is 31.7. The Hall–Kier alpha value is -7.62. The first-order valence-corrected chi connectivity index (χ1v) is 19.6. The predicted molar refractivity (Wildman–Crippen MR) is 240 cm³/mol. The van der Waals surface area contributed by atoms with E-state index in [4.69, 9.17) is 0 Å². The smallest absolute Gasteiger partial charge is 0.0641 e. The van der Waals surface area contributed by atoms with Crippen molar-refractivity contribution < 1.29 is 0 Å². The molecule has 12 rings (SSSR count). The second-order valence-corrected chi connectivity index (χ2v) is 14.9. The van der Waals surface area contributed by atoms with Crippen molar-refractivity contribution in [3.05, 3.63) is 212 Å². The third-order valence-electron chi connectivity index (χ3n) is 11.9. The van der Waals surface area contributed by atoms with Gasteiger partial charge in [-0.2, -0.15) is 0 Å². The van der Waals surface area contributed by atoms with Gasteiger partial charge in [0.05, 0.1) is 38.8 Å². The first-order valence-electron chi connectivity index (χ1n) is 19.6. The molecule has 12 aromatic rings. The summed E-state index contributed by atoms with van der Waals surface area (Å²) in [6.45, 7) is 0. The highest BCUT2D eigenvalue weighted by Crippen LogP contribution is 2.44. The summed E-state index contributed by atoms with van der Waals surface area (Å²) < 4.78 is 7.40. The second-order valence-electron chi connectivity index (χ2n) is 14.9. The van der Waals surface area contributed by atoms with E-state index in [1.54, 1.807) is 0 Å². The van der Waals surface area contributed by atoms with Gasteiger partial charge >= 0.3 is 0 Å². The molecule has 0 aliphatic carbocycles. The normalized spacial score (nSPS) is 11.9. The third-order valence-corrected chi connectivity index (χ3v) is 11.9. The lowest BCUT2D eigenvalue weighted by Crippen LogP contribution is -1.97. The molecule has 0 spiro atoms. The summed E-state index contributed by atoms with van der Waals surface area (Å²) in [4.78, 5) is 0. The monoisotopic (exact) mass is 725 g/mol. The zero-order chi connectivity index (χ0) is 37.5. The molecule has 0 unspecified atom stereocenters. The van der Waals surface area contributed by atoms with Gasteiger partial charge in [0.2, 0.25) is 0 Å². The third kappa shape index (κ3) is 4.73. The fourth-order valence-corrected chi connectivity index (χ4v) is 9.37. The summed E-state index contributed by atoms with van der Waals surface area (Å²) in [7, 11) is 0. The van der Waals surface area contributed by atoms with Gasteiger partial charge in [-0.1, -0.05) is 152 Å². The van der Waals surface area contributed by atoms with E-state index in [1.165, 1.54) is 93.4 Å². The van der Waals surface area contributed by atoms with Crippen LogP contribution in [0, 0.1) is 0 Å². The topological polar surface area (TPSA) is 14.8 Å².